The zero-order valence-corrected chi connectivity index (χ0v) is 12.4. The number of carbonyl (C=O) groups is 1. The SMILES string of the molecule is NC(=S)C(C(=O)Nc1cc(F)ccc1Cl)c1ccccc1. The minimum absolute atomic E-state index is 0.0335. The highest BCUT2D eigenvalue weighted by molar-refractivity contribution is 7.80. The Morgan fingerprint density at radius 1 is 1.24 bits per heavy atom. The first-order valence-corrected chi connectivity index (χ1v) is 6.88. The van der Waals surface area contributed by atoms with Gasteiger partial charge in [-0.15, -0.1) is 0 Å². The molecule has 3 N–H and O–H groups in total. The van der Waals surface area contributed by atoms with Crippen molar-refractivity contribution in [2.75, 3.05) is 5.32 Å². The van der Waals surface area contributed by atoms with Gasteiger partial charge in [-0.05, 0) is 23.8 Å². The van der Waals surface area contributed by atoms with Crippen molar-refractivity contribution in [3.63, 3.8) is 0 Å². The molecule has 0 aliphatic rings. The first kappa shape index (κ1) is 15.4. The average molecular weight is 323 g/mol. The van der Waals surface area contributed by atoms with Gasteiger partial charge >= 0.3 is 0 Å². The van der Waals surface area contributed by atoms with E-state index in [-0.39, 0.29) is 15.7 Å². The van der Waals surface area contributed by atoms with Gasteiger partial charge in [0.2, 0.25) is 5.91 Å². The summed E-state index contributed by atoms with van der Waals surface area (Å²) < 4.78 is 13.2. The van der Waals surface area contributed by atoms with E-state index in [0.717, 1.165) is 6.07 Å². The number of hydrogen-bond acceptors (Lipinski definition) is 2. The molecule has 1 amide bonds. The largest absolute Gasteiger partial charge is 0.392 e. The minimum atomic E-state index is -0.805. The molecule has 6 heteroatoms. The number of carbonyl (C=O) groups excluding carboxylic acids is 1. The number of rotatable bonds is 4. The first-order valence-electron chi connectivity index (χ1n) is 6.09. The van der Waals surface area contributed by atoms with Crippen LogP contribution in [0, 0.1) is 5.82 Å². The molecular formula is C15H12ClFN2OS. The van der Waals surface area contributed by atoms with E-state index < -0.39 is 17.6 Å². The van der Waals surface area contributed by atoms with E-state index in [2.05, 4.69) is 5.32 Å². The van der Waals surface area contributed by atoms with Crippen molar-refractivity contribution >= 4 is 40.4 Å². The third kappa shape index (κ3) is 3.77. The van der Waals surface area contributed by atoms with Crippen molar-refractivity contribution in [1.82, 2.24) is 0 Å². The molecule has 0 aromatic heterocycles. The Kier molecular flexibility index (Phi) is 4.88. The number of halogens is 2. The molecule has 108 valence electrons. The van der Waals surface area contributed by atoms with Gasteiger partial charge < -0.3 is 11.1 Å². The van der Waals surface area contributed by atoms with E-state index in [1.807, 2.05) is 6.07 Å². The summed E-state index contributed by atoms with van der Waals surface area (Å²) in [5.74, 6) is -1.76. The van der Waals surface area contributed by atoms with Gasteiger partial charge in [-0.1, -0.05) is 54.2 Å². The van der Waals surface area contributed by atoms with Crippen LogP contribution >= 0.6 is 23.8 Å². The molecular weight excluding hydrogens is 311 g/mol. The van der Waals surface area contributed by atoms with Crippen LogP contribution in [-0.2, 0) is 4.79 Å². The monoisotopic (exact) mass is 322 g/mol. The maximum Gasteiger partial charge on any atom is 0.238 e. The number of nitrogens with two attached hydrogens (primary N) is 1. The Morgan fingerprint density at radius 3 is 2.52 bits per heavy atom. The molecule has 0 aliphatic heterocycles. The normalized spacial score (nSPS) is 11.7. The highest BCUT2D eigenvalue weighted by Crippen LogP contribution is 2.25. The molecule has 0 saturated heterocycles. The first-order chi connectivity index (χ1) is 9.99. The van der Waals surface area contributed by atoms with Gasteiger partial charge in [-0.3, -0.25) is 4.79 Å². The summed E-state index contributed by atoms with van der Waals surface area (Å²) in [5.41, 5.74) is 6.50. The summed E-state index contributed by atoms with van der Waals surface area (Å²) in [6.07, 6.45) is 0. The van der Waals surface area contributed by atoms with E-state index in [9.17, 15) is 9.18 Å². The van der Waals surface area contributed by atoms with Gasteiger partial charge in [0.05, 0.1) is 15.7 Å². The van der Waals surface area contributed by atoms with E-state index in [0.29, 0.717) is 5.56 Å². The molecule has 2 aromatic rings. The van der Waals surface area contributed by atoms with Crippen LogP contribution in [0.3, 0.4) is 0 Å². The number of benzene rings is 2. The van der Waals surface area contributed by atoms with Crippen LogP contribution in [0.5, 0.6) is 0 Å². The molecule has 0 fully saturated rings. The van der Waals surface area contributed by atoms with Crippen LogP contribution in [0.2, 0.25) is 5.02 Å². The second-order valence-corrected chi connectivity index (χ2v) is 5.24. The molecule has 21 heavy (non-hydrogen) atoms. The van der Waals surface area contributed by atoms with Crippen LogP contribution in [0.4, 0.5) is 10.1 Å². The van der Waals surface area contributed by atoms with Gasteiger partial charge in [0.1, 0.15) is 11.7 Å². The molecule has 1 atom stereocenters. The Hall–Kier alpha value is -1.98. The third-order valence-electron chi connectivity index (χ3n) is 2.87. The second-order valence-electron chi connectivity index (χ2n) is 4.36. The molecule has 3 nitrogen and oxygen atoms in total. The van der Waals surface area contributed by atoms with Gasteiger partial charge in [-0.25, -0.2) is 4.39 Å². The van der Waals surface area contributed by atoms with Crippen LogP contribution in [0.1, 0.15) is 11.5 Å². The fraction of sp³-hybridized carbons (Fsp3) is 0.0667. The summed E-state index contributed by atoms with van der Waals surface area (Å²) in [4.78, 5) is 12.4. The Morgan fingerprint density at radius 2 is 1.90 bits per heavy atom. The molecule has 0 heterocycles. The lowest BCUT2D eigenvalue weighted by molar-refractivity contribution is -0.116. The summed E-state index contributed by atoms with van der Waals surface area (Å²) in [6.45, 7) is 0. The van der Waals surface area contributed by atoms with E-state index in [1.165, 1.54) is 12.1 Å². The fourth-order valence-corrected chi connectivity index (χ4v) is 2.30. The average Bonchev–Trinajstić information content (AvgIpc) is 2.44. The number of anilines is 1. The number of nitrogens with one attached hydrogen (secondary N) is 1. The van der Waals surface area contributed by atoms with Crippen molar-refractivity contribution in [3.05, 3.63) is 64.9 Å². The maximum absolute atomic E-state index is 13.2. The molecule has 1 unspecified atom stereocenters. The van der Waals surface area contributed by atoms with Crippen molar-refractivity contribution in [2.24, 2.45) is 5.73 Å². The van der Waals surface area contributed by atoms with E-state index in [1.54, 1.807) is 24.3 Å². The number of amides is 1. The lowest BCUT2D eigenvalue weighted by Crippen LogP contribution is -2.31. The maximum atomic E-state index is 13.2. The third-order valence-corrected chi connectivity index (χ3v) is 3.43. The quantitative estimate of drug-likeness (QED) is 0.847. The Labute approximate surface area is 131 Å². The number of hydrogen-bond donors (Lipinski definition) is 2. The second kappa shape index (κ2) is 6.65. The van der Waals surface area contributed by atoms with Crippen molar-refractivity contribution in [3.8, 4) is 0 Å². The summed E-state index contributed by atoms with van der Waals surface area (Å²) in [7, 11) is 0. The molecule has 0 spiro atoms. The van der Waals surface area contributed by atoms with Crippen LogP contribution < -0.4 is 11.1 Å². The highest BCUT2D eigenvalue weighted by atomic mass is 35.5. The van der Waals surface area contributed by atoms with Gasteiger partial charge in [0.25, 0.3) is 0 Å². The van der Waals surface area contributed by atoms with Crippen molar-refractivity contribution in [2.45, 2.75) is 5.92 Å². The van der Waals surface area contributed by atoms with Gasteiger partial charge in [0.15, 0.2) is 0 Å². The lowest BCUT2D eigenvalue weighted by atomic mass is 9.98. The van der Waals surface area contributed by atoms with Crippen LogP contribution in [-0.4, -0.2) is 10.9 Å². The highest BCUT2D eigenvalue weighted by Gasteiger charge is 2.24. The predicted molar refractivity (Wildman–Crippen MR) is 86.0 cm³/mol. The standard InChI is InChI=1S/C15H12ClFN2OS/c16-11-7-6-10(17)8-12(11)19-15(20)13(14(18)21)9-4-2-1-3-5-9/h1-8,13H,(H2,18,21)(H,19,20). The van der Waals surface area contributed by atoms with E-state index >= 15 is 0 Å². The molecule has 0 radical (unpaired) electrons. The smallest absolute Gasteiger partial charge is 0.238 e. The minimum Gasteiger partial charge on any atom is -0.392 e. The van der Waals surface area contributed by atoms with Crippen molar-refractivity contribution in [1.29, 1.82) is 0 Å². The van der Waals surface area contributed by atoms with Crippen LogP contribution in [0.15, 0.2) is 48.5 Å². The zero-order chi connectivity index (χ0) is 15.4. The Balaban J connectivity index is 2.28. The fourth-order valence-electron chi connectivity index (χ4n) is 1.89. The molecule has 2 rings (SSSR count). The van der Waals surface area contributed by atoms with Crippen molar-refractivity contribution < 1.29 is 9.18 Å². The van der Waals surface area contributed by atoms with Gasteiger partial charge in [0, 0.05) is 0 Å². The predicted octanol–water partition coefficient (Wildman–Crippen LogP) is 3.49. The molecule has 2 aromatic carbocycles. The van der Waals surface area contributed by atoms with E-state index in [4.69, 9.17) is 29.6 Å². The molecule has 0 saturated carbocycles. The number of thiocarbonyl (C=S) groups is 1. The molecule has 0 aliphatic carbocycles. The van der Waals surface area contributed by atoms with Crippen LogP contribution in [0.25, 0.3) is 0 Å². The van der Waals surface area contributed by atoms with Gasteiger partial charge in [-0.2, -0.15) is 0 Å². The topological polar surface area (TPSA) is 55.1 Å². The lowest BCUT2D eigenvalue weighted by Gasteiger charge is -2.16. The molecule has 0 bridgehead atoms. The summed E-state index contributed by atoms with van der Waals surface area (Å²) in [5, 5.41) is 2.79. The zero-order valence-electron chi connectivity index (χ0n) is 10.8. The summed E-state index contributed by atoms with van der Waals surface area (Å²) in [6, 6.07) is 12.6. The summed E-state index contributed by atoms with van der Waals surface area (Å²) >= 11 is 10.9. The Bertz CT molecular complexity index is 679.